The summed E-state index contributed by atoms with van der Waals surface area (Å²) in [7, 11) is -2.87. The lowest BCUT2D eigenvalue weighted by Gasteiger charge is -2.20. The van der Waals surface area contributed by atoms with Gasteiger partial charge < -0.3 is 31.9 Å². The molecule has 0 aliphatic carbocycles. The van der Waals surface area contributed by atoms with Crippen molar-refractivity contribution >= 4 is 23.0 Å². The maximum absolute atomic E-state index is 14.3. The third kappa shape index (κ3) is 8.70. The Balaban J connectivity index is 1.31. The molecule has 0 unspecified atom stereocenters. The van der Waals surface area contributed by atoms with Gasteiger partial charge in [0, 0.05) is 55.1 Å². The summed E-state index contributed by atoms with van der Waals surface area (Å²) < 4.78 is 41.8. The fourth-order valence-electron chi connectivity index (χ4n) is 3.95. The molecule has 2 aromatic carbocycles. The molecule has 0 aliphatic heterocycles. The van der Waals surface area contributed by atoms with Gasteiger partial charge in [0.05, 0.1) is 18.2 Å². The third-order valence-electron chi connectivity index (χ3n) is 6.13. The van der Waals surface area contributed by atoms with Crippen molar-refractivity contribution in [2.24, 2.45) is 0 Å². The largest absolute Gasteiger partial charge is 0.532 e. The van der Waals surface area contributed by atoms with Gasteiger partial charge in [-0.3, -0.25) is 4.79 Å². The van der Waals surface area contributed by atoms with Crippen molar-refractivity contribution in [3.8, 4) is 40.8 Å². The molecule has 4 aromatic heterocycles. The second kappa shape index (κ2) is 16.1. The average Bonchev–Trinajstić information content (AvgIpc) is 3.13. The Kier molecular flexibility index (Phi) is 10.8. The van der Waals surface area contributed by atoms with Gasteiger partial charge >= 0.3 is 17.2 Å². The van der Waals surface area contributed by atoms with Crippen molar-refractivity contribution in [1.82, 2.24) is 19.9 Å². The number of carbonyl (C=O) groups excluding carboxylic acids is 1. The quantitative estimate of drug-likeness (QED) is 0.0768. The van der Waals surface area contributed by atoms with Crippen molar-refractivity contribution in [1.29, 1.82) is 0 Å². The standard InChI is InChI=1S/C34H26N4O8P2/c1-40-25-18-19-27(29(24-25)42-48(45-32-16-6-10-22-37-32)46-33-17-7-11-23-38-33)34(39)26-12-2-3-13-28(26)41-47(43-30-14-4-8-20-35-30)44-31-15-5-9-21-36-31/h2-24H,1H3. The highest BCUT2D eigenvalue weighted by molar-refractivity contribution is 7.43. The molecule has 0 fully saturated rings. The van der Waals surface area contributed by atoms with Gasteiger partial charge in [0.15, 0.2) is 0 Å². The molecule has 14 heteroatoms. The van der Waals surface area contributed by atoms with Gasteiger partial charge in [0.25, 0.3) is 0 Å². The molecule has 0 N–H and O–H groups in total. The molecule has 48 heavy (non-hydrogen) atoms. The van der Waals surface area contributed by atoms with E-state index in [0.29, 0.717) is 5.75 Å². The summed E-state index contributed by atoms with van der Waals surface area (Å²) in [5.74, 6) is 1.37. The summed E-state index contributed by atoms with van der Waals surface area (Å²) >= 11 is 0. The van der Waals surface area contributed by atoms with Crippen LogP contribution >= 0.6 is 17.2 Å². The van der Waals surface area contributed by atoms with Gasteiger partial charge in [-0.15, -0.1) is 0 Å². The number of para-hydroxylation sites is 1. The first-order valence-electron chi connectivity index (χ1n) is 14.3. The SMILES string of the molecule is COc1ccc(C(=O)c2ccccc2OP(Oc2ccccn2)Oc2ccccn2)c(OP(Oc2ccccn2)Oc2ccccn2)c1. The zero-order chi connectivity index (χ0) is 33.0. The number of carbonyl (C=O) groups is 1. The van der Waals surface area contributed by atoms with Crippen molar-refractivity contribution in [3.05, 3.63) is 151 Å². The van der Waals surface area contributed by atoms with Crippen molar-refractivity contribution in [2.45, 2.75) is 0 Å². The predicted molar refractivity (Wildman–Crippen MR) is 177 cm³/mol. The lowest BCUT2D eigenvalue weighted by molar-refractivity contribution is 0.103. The minimum atomic E-state index is -2.21. The number of methoxy groups -OCH3 is 1. The minimum Gasteiger partial charge on any atom is -0.497 e. The lowest BCUT2D eigenvalue weighted by atomic mass is 10.0. The van der Waals surface area contributed by atoms with E-state index in [0.717, 1.165) is 0 Å². The smallest absolute Gasteiger partial charge is 0.497 e. The summed E-state index contributed by atoms with van der Waals surface area (Å²) in [4.78, 5) is 31.1. The summed E-state index contributed by atoms with van der Waals surface area (Å²) in [6.07, 6.45) is 6.31. The fourth-order valence-corrected chi connectivity index (χ4v) is 5.85. The van der Waals surface area contributed by atoms with E-state index in [4.69, 9.17) is 31.9 Å². The Bertz CT molecular complexity index is 1830. The highest BCUT2D eigenvalue weighted by Gasteiger charge is 2.28. The van der Waals surface area contributed by atoms with Gasteiger partial charge in [-0.05, 0) is 48.5 Å². The molecule has 12 nitrogen and oxygen atoms in total. The first kappa shape index (κ1) is 32.1. The van der Waals surface area contributed by atoms with Crippen LogP contribution in [0.25, 0.3) is 0 Å². The second-order valence-electron chi connectivity index (χ2n) is 9.35. The predicted octanol–water partition coefficient (Wildman–Crippen LogP) is 8.03. The monoisotopic (exact) mass is 680 g/mol. The minimum absolute atomic E-state index is 0.129. The van der Waals surface area contributed by atoms with Crippen molar-refractivity contribution in [3.63, 3.8) is 0 Å². The number of ketones is 1. The molecule has 6 rings (SSSR count). The molecule has 0 amide bonds. The molecule has 4 heterocycles. The van der Waals surface area contributed by atoms with Gasteiger partial charge in [-0.1, -0.05) is 36.4 Å². The molecule has 6 aromatic rings. The second-order valence-corrected chi connectivity index (χ2v) is 11.3. The van der Waals surface area contributed by atoms with E-state index in [-0.39, 0.29) is 46.1 Å². The van der Waals surface area contributed by atoms with Crippen LogP contribution in [0.5, 0.6) is 40.8 Å². The van der Waals surface area contributed by atoms with Crippen LogP contribution in [0.3, 0.4) is 0 Å². The van der Waals surface area contributed by atoms with E-state index in [1.54, 1.807) is 140 Å². The number of ether oxygens (including phenoxy) is 1. The zero-order valence-corrected chi connectivity index (χ0v) is 27.0. The van der Waals surface area contributed by atoms with Crippen LogP contribution in [0, 0.1) is 0 Å². The molecular formula is C34H26N4O8P2. The van der Waals surface area contributed by atoms with Crippen LogP contribution in [0.2, 0.25) is 0 Å². The van der Waals surface area contributed by atoms with Crippen LogP contribution in [-0.2, 0) is 0 Å². The van der Waals surface area contributed by atoms with Crippen molar-refractivity contribution < 1.29 is 36.7 Å². The summed E-state index contributed by atoms with van der Waals surface area (Å²) in [5.41, 5.74) is 0.379. The number of hydrogen-bond donors (Lipinski definition) is 0. The highest BCUT2D eigenvalue weighted by Crippen LogP contribution is 2.45. The number of rotatable bonds is 15. The lowest BCUT2D eigenvalue weighted by Crippen LogP contribution is -2.10. The Morgan fingerprint density at radius 1 is 0.479 bits per heavy atom. The van der Waals surface area contributed by atoms with Crippen LogP contribution in [0.1, 0.15) is 15.9 Å². The normalized spacial score (nSPS) is 10.6. The number of hydrogen-bond acceptors (Lipinski definition) is 12. The zero-order valence-electron chi connectivity index (χ0n) is 25.2. The number of pyridine rings is 4. The number of aromatic nitrogens is 4. The third-order valence-corrected chi connectivity index (χ3v) is 8.17. The van der Waals surface area contributed by atoms with E-state index in [1.807, 2.05) is 0 Å². The van der Waals surface area contributed by atoms with E-state index >= 15 is 0 Å². The Hall–Kier alpha value is -5.83. The average molecular weight is 681 g/mol. The van der Waals surface area contributed by atoms with Gasteiger partial charge in [-0.25, -0.2) is 19.9 Å². The van der Waals surface area contributed by atoms with Gasteiger partial charge in [0.1, 0.15) is 17.2 Å². The number of benzene rings is 2. The van der Waals surface area contributed by atoms with Crippen LogP contribution < -0.4 is 31.9 Å². The van der Waals surface area contributed by atoms with Crippen LogP contribution in [0.15, 0.2) is 140 Å². The van der Waals surface area contributed by atoms with Crippen molar-refractivity contribution in [2.75, 3.05) is 7.11 Å². The van der Waals surface area contributed by atoms with E-state index in [2.05, 4.69) is 19.9 Å². The van der Waals surface area contributed by atoms with Gasteiger partial charge in [0.2, 0.25) is 29.3 Å². The van der Waals surface area contributed by atoms with E-state index in [1.165, 1.54) is 7.11 Å². The summed E-state index contributed by atoms with van der Waals surface area (Å²) in [5, 5.41) is 0. The van der Waals surface area contributed by atoms with Gasteiger partial charge in [-0.2, -0.15) is 0 Å². The first-order valence-corrected chi connectivity index (χ1v) is 16.5. The molecule has 0 saturated heterocycles. The maximum atomic E-state index is 14.3. The highest BCUT2D eigenvalue weighted by atomic mass is 31.2. The maximum Gasteiger partial charge on any atom is 0.532 e. The fraction of sp³-hybridized carbons (Fsp3) is 0.0294. The summed E-state index contributed by atoms with van der Waals surface area (Å²) in [6.45, 7) is 0. The Morgan fingerprint density at radius 2 is 0.896 bits per heavy atom. The molecule has 0 spiro atoms. The van der Waals surface area contributed by atoms with Crippen LogP contribution in [0.4, 0.5) is 0 Å². The molecule has 0 aliphatic rings. The molecule has 240 valence electrons. The Morgan fingerprint density at radius 3 is 1.33 bits per heavy atom. The number of nitrogens with zero attached hydrogens (tertiary/aromatic N) is 4. The Labute approximate surface area is 278 Å². The van der Waals surface area contributed by atoms with E-state index in [9.17, 15) is 4.79 Å². The van der Waals surface area contributed by atoms with E-state index < -0.39 is 23.0 Å². The van der Waals surface area contributed by atoms with Crippen LogP contribution in [-0.4, -0.2) is 32.8 Å². The summed E-state index contributed by atoms with van der Waals surface area (Å²) in [6, 6.07) is 32.2. The molecule has 0 radical (unpaired) electrons. The molecule has 0 bridgehead atoms. The first-order chi connectivity index (χ1) is 23.6. The molecule has 0 atom stereocenters. The molecule has 0 saturated carbocycles. The molecular weight excluding hydrogens is 654 g/mol. The topological polar surface area (TPSA) is 133 Å².